The van der Waals surface area contributed by atoms with Gasteiger partial charge in [-0.15, -0.1) is 0 Å². The van der Waals surface area contributed by atoms with E-state index in [1.54, 1.807) is 6.26 Å². The van der Waals surface area contributed by atoms with Gasteiger partial charge in [0.15, 0.2) is 5.16 Å². The third-order valence-electron chi connectivity index (χ3n) is 2.42. The number of rotatable bonds is 3. The molecular weight excluding hydrogens is 305 g/mol. The topological polar surface area (TPSA) is 74.8 Å². The fraction of sp³-hybridized carbons (Fsp3) is 0.0833. The van der Waals surface area contributed by atoms with Crippen molar-refractivity contribution in [1.82, 2.24) is 9.97 Å². The Balaban J connectivity index is 2.31. The predicted octanol–water partition coefficient (Wildman–Crippen LogP) is 2.54. The van der Waals surface area contributed by atoms with Crippen LogP contribution in [0.15, 0.2) is 34.3 Å². The molecule has 0 aliphatic rings. The van der Waals surface area contributed by atoms with Gasteiger partial charge in [-0.05, 0) is 18.4 Å². The zero-order valence-electron chi connectivity index (χ0n) is 10.2. The number of halogens is 2. The first-order chi connectivity index (χ1) is 9.52. The van der Waals surface area contributed by atoms with Gasteiger partial charge in [0.25, 0.3) is 11.5 Å². The van der Waals surface area contributed by atoms with Crippen LogP contribution in [0.3, 0.4) is 0 Å². The minimum atomic E-state index is -0.779. The van der Waals surface area contributed by atoms with Crippen LogP contribution in [0.5, 0.6) is 0 Å². The smallest absolute Gasteiger partial charge is 0.264 e. The molecule has 0 unspecified atom stereocenters. The maximum atomic E-state index is 13.5. The minimum absolute atomic E-state index is 0.0449. The average molecular weight is 314 g/mol. The van der Waals surface area contributed by atoms with Crippen LogP contribution in [-0.4, -0.2) is 22.1 Å². The quantitative estimate of drug-likeness (QED) is 0.674. The fourth-order valence-corrected chi connectivity index (χ4v) is 2.01. The lowest BCUT2D eigenvalue weighted by Gasteiger charge is -2.07. The summed E-state index contributed by atoms with van der Waals surface area (Å²) in [7, 11) is 0. The molecular formula is C12H9ClFN3O2S. The molecule has 0 spiro atoms. The van der Waals surface area contributed by atoms with Crippen LogP contribution in [0.25, 0.3) is 0 Å². The maximum absolute atomic E-state index is 13.5. The van der Waals surface area contributed by atoms with Gasteiger partial charge in [0.05, 0.1) is 10.7 Å². The molecule has 5 nitrogen and oxygen atoms in total. The maximum Gasteiger partial charge on any atom is 0.264 e. The molecule has 1 amide bonds. The van der Waals surface area contributed by atoms with Crippen LogP contribution in [0, 0.1) is 5.82 Å². The molecule has 0 saturated carbocycles. The first kappa shape index (κ1) is 14.5. The van der Waals surface area contributed by atoms with Crippen molar-refractivity contribution in [2.24, 2.45) is 0 Å². The van der Waals surface area contributed by atoms with E-state index in [9.17, 15) is 14.0 Å². The predicted molar refractivity (Wildman–Crippen MR) is 76.0 cm³/mol. The molecule has 1 aromatic carbocycles. The Kier molecular flexibility index (Phi) is 4.41. The highest BCUT2D eigenvalue weighted by atomic mass is 35.5. The zero-order valence-corrected chi connectivity index (χ0v) is 11.8. The summed E-state index contributed by atoms with van der Waals surface area (Å²) in [6, 6.07) is 4.00. The van der Waals surface area contributed by atoms with Crippen LogP contribution in [0.1, 0.15) is 10.4 Å². The van der Waals surface area contributed by atoms with Crippen molar-refractivity contribution in [1.29, 1.82) is 0 Å². The number of hydrogen-bond donors (Lipinski definition) is 2. The van der Waals surface area contributed by atoms with E-state index in [1.807, 2.05) is 0 Å². The molecule has 0 atom stereocenters. The van der Waals surface area contributed by atoms with Gasteiger partial charge in [0.2, 0.25) is 0 Å². The van der Waals surface area contributed by atoms with Crippen molar-refractivity contribution < 1.29 is 9.18 Å². The number of nitrogens with zero attached hydrogens (tertiary/aromatic N) is 1. The van der Waals surface area contributed by atoms with Gasteiger partial charge >= 0.3 is 0 Å². The van der Waals surface area contributed by atoms with Crippen molar-refractivity contribution in [3.8, 4) is 0 Å². The molecule has 0 aliphatic carbocycles. The lowest BCUT2D eigenvalue weighted by Crippen LogP contribution is -2.24. The molecule has 0 bridgehead atoms. The van der Waals surface area contributed by atoms with Gasteiger partial charge in [0.1, 0.15) is 11.4 Å². The Hall–Kier alpha value is -1.86. The molecule has 2 rings (SSSR count). The van der Waals surface area contributed by atoms with E-state index in [1.165, 1.54) is 23.9 Å². The molecule has 1 aromatic heterocycles. The number of carbonyl (C=O) groups is 1. The second-order valence-corrected chi connectivity index (χ2v) is 4.89. The van der Waals surface area contributed by atoms with E-state index in [0.29, 0.717) is 5.16 Å². The van der Waals surface area contributed by atoms with Gasteiger partial charge < -0.3 is 10.3 Å². The summed E-state index contributed by atoms with van der Waals surface area (Å²) >= 11 is 7.02. The fourth-order valence-electron chi connectivity index (χ4n) is 1.44. The number of carbonyl (C=O) groups excluding carboxylic acids is 1. The first-order valence-electron chi connectivity index (χ1n) is 5.41. The van der Waals surface area contributed by atoms with E-state index in [4.69, 9.17) is 11.6 Å². The van der Waals surface area contributed by atoms with Gasteiger partial charge in [0, 0.05) is 6.20 Å². The number of nitrogens with one attached hydrogen (secondary N) is 2. The van der Waals surface area contributed by atoms with Crippen LogP contribution in [0.4, 0.5) is 10.1 Å². The zero-order chi connectivity index (χ0) is 14.7. The molecule has 104 valence electrons. The lowest BCUT2D eigenvalue weighted by atomic mass is 10.2. The van der Waals surface area contributed by atoms with E-state index in [2.05, 4.69) is 15.3 Å². The molecule has 2 N–H and O–H groups in total. The number of thioether (sulfide) groups is 1. The Bertz CT molecular complexity index is 700. The van der Waals surface area contributed by atoms with Crippen LogP contribution < -0.4 is 10.9 Å². The van der Waals surface area contributed by atoms with Gasteiger partial charge in [-0.25, -0.2) is 9.37 Å². The summed E-state index contributed by atoms with van der Waals surface area (Å²) in [4.78, 5) is 30.0. The molecule has 0 aliphatic heterocycles. The second kappa shape index (κ2) is 6.06. The molecule has 0 saturated heterocycles. The highest BCUT2D eigenvalue weighted by Gasteiger charge is 2.15. The third kappa shape index (κ3) is 3.00. The van der Waals surface area contributed by atoms with E-state index >= 15 is 0 Å². The van der Waals surface area contributed by atoms with E-state index in [0.717, 1.165) is 12.3 Å². The number of benzene rings is 1. The SMILES string of the molecule is CSc1ncc(C(=O)Nc2c(F)cccc2Cl)c(=O)[nH]1. The Morgan fingerprint density at radius 3 is 2.85 bits per heavy atom. The molecule has 2 aromatic rings. The van der Waals surface area contributed by atoms with Crippen molar-refractivity contribution in [2.45, 2.75) is 5.16 Å². The monoisotopic (exact) mass is 313 g/mol. The minimum Gasteiger partial charge on any atom is -0.318 e. The first-order valence-corrected chi connectivity index (χ1v) is 7.02. The summed E-state index contributed by atoms with van der Waals surface area (Å²) in [5.74, 6) is -1.46. The van der Waals surface area contributed by atoms with Crippen molar-refractivity contribution >= 4 is 35.0 Å². The molecule has 8 heteroatoms. The number of anilines is 1. The molecule has 20 heavy (non-hydrogen) atoms. The Morgan fingerprint density at radius 2 is 2.25 bits per heavy atom. The molecule has 0 radical (unpaired) electrons. The van der Waals surface area contributed by atoms with E-state index in [-0.39, 0.29) is 16.3 Å². The third-order valence-corrected chi connectivity index (χ3v) is 3.32. The lowest BCUT2D eigenvalue weighted by molar-refractivity contribution is 0.102. The second-order valence-electron chi connectivity index (χ2n) is 3.69. The number of H-pyrrole nitrogens is 1. The standard InChI is InChI=1S/C12H9ClFN3O2S/c1-20-12-15-5-6(11(19)17-12)10(18)16-9-7(13)3-2-4-8(9)14/h2-5H,1H3,(H,16,18)(H,15,17,19). The highest BCUT2D eigenvalue weighted by molar-refractivity contribution is 7.98. The van der Waals surface area contributed by atoms with Crippen LogP contribution in [-0.2, 0) is 0 Å². The summed E-state index contributed by atoms with van der Waals surface area (Å²) in [5.41, 5.74) is -0.996. The summed E-state index contributed by atoms with van der Waals surface area (Å²) in [6.07, 6.45) is 2.87. The summed E-state index contributed by atoms with van der Waals surface area (Å²) < 4.78 is 13.5. The normalized spacial score (nSPS) is 10.3. The number of hydrogen-bond acceptors (Lipinski definition) is 4. The van der Waals surface area contributed by atoms with Gasteiger partial charge in [-0.1, -0.05) is 29.4 Å². The Labute approximate surface area is 122 Å². The van der Waals surface area contributed by atoms with Crippen molar-refractivity contribution in [2.75, 3.05) is 11.6 Å². The van der Waals surface area contributed by atoms with Crippen molar-refractivity contribution in [3.63, 3.8) is 0 Å². The van der Waals surface area contributed by atoms with E-state index < -0.39 is 17.3 Å². The largest absolute Gasteiger partial charge is 0.318 e. The number of amides is 1. The summed E-state index contributed by atoms with van der Waals surface area (Å²) in [5, 5.41) is 2.69. The van der Waals surface area contributed by atoms with Crippen LogP contribution in [0.2, 0.25) is 5.02 Å². The number of para-hydroxylation sites is 1. The van der Waals surface area contributed by atoms with Crippen molar-refractivity contribution in [3.05, 3.63) is 51.2 Å². The number of aromatic amines is 1. The van der Waals surface area contributed by atoms with Crippen LogP contribution >= 0.6 is 23.4 Å². The molecule has 1 heterocycles. The van der Waals surface area contributed by atoms with Gasteiger partial charge in [-0.2, -0.15) is 0 Å². The average Bonchev–Trinajstić information content (AvgIpc) is 2.42. The Morgan fingerprint density at radius 1 is 1.50 bits per heavy atom. The summed E-state index contributed by atoms with van der Waals surface area (Å²) in [6.45, 7) is 0. The van der Waals surface area contributed by atoms with Gasteiger partial charge in [-0.3, -0.25) is 9.59 Å². The molecule has 0 fully saturated rings. The highest BCUT2D eigenvalue weighted by Crippen LogP contribution is 2.24. The number of aromatic nitrogens is 2.